The summed E-state index contributed by atoms with van der Waals surface area (Å²) in [6.07, 6.45) is 0. The lowest BCUT2D eigenvalue weighted by Crippen LogP contribution is -2.46. The number of nitrogen functional groups attached to an aromatic ring is 1. The van der Waals surface area contributed by atoms with Gasteiger partial charge in [0.1, 0.15) is 21.5 Å². The van der Waals surface area contributed by atoms with Crippen LogP contribution in [0.1, 0.15) is 22.2 Å². The average molecular weight is 279 g/mol. The van der Waals surface area contributed by atoms with Crippen molar-refractivity contribution in [3.8, 4) is 6.07 Å². The van der Waals surface area contributed by atoms with E-state index in [4.69, 9.17) is 11.5 Å². The van der Waals surface area contributed by atoms with Crippen LogP contribution in [0.25, 0.3) is 0 Å². The van der Waals surface area contributed by atoms with E-state index in [-0.39, 0.29) is 10.6 Å². The summed E-state index contributed by atoms with van der Waals surface area (Å²) >= 11 is 1.22. The first-order valence-electron chi connectivity index (χ1n) is 6.18. The van der Waals surface area contributed by atoms with Gasteiger partial charge in [-0.2, -0.15) is 5.26 Å². The Bertz CT molecular complexity index is 525. The molecule has 1 saturated heterocycles. The first-order valence-corrected chi connectivity index (χ1v) is 6.99. The lowest BCUT2D eigenvalue weighted by Gasteiger charge is -2.34. The Balaban J connectivity index is 2.28. The van der Waals surface area contributed by atoms with E-state index < -0.39 is 5.91 Å². The number of piperazine rings is 1. The summed E-state index contributed by atoms with van der Waals surface area (Å²) in [6.45, 7) is 6.72. The van der Waals surface area contributed by atoms with E-state index in [9.17, 15) is 10.1 Å². The van der Waals surface area contributed by atoms with Gasteiger partial charge < -0.3 is 21.3 Å². The van der Waals surface area contributed by atoms with Gasteiger partial charge in [-0.15, -0.1) is 11.3 Å². The van der Waals surface area contributed by atoms with Crippen molar-refractivity contribution in [2.45, 2.75) is 6.92 Å². The largest absolute Gasteiger partial charge is 0.396 e. The van der Waals surface area contributed by atoms with Crippen LogP contribution in [0, 0.1) is 11.3 Å². The van der Waals surface area contributed by atoms with E-state index in [0.717, 1.165) is 37.7 Å². The minimum absolute atomic E-state index is 0.216. The minimum atomic E-state index is -0.572. The van der Waals surface area contributed by atoms with Gasteiger partial charge in [0.2, 0.25) is 0 Å². The SMILES string of the molecule is CCN1CCN(c2sc(C(N)=O)c(N)c2C#N)CC1. The zero-order valence-electron chi connectivity index (χ0n) is 10.8. The molecule has 0 unspecified atom stereocenters. The van der Waals surface area contributed by atoms with E-state index in [0.29, 0.717) is 5.56 Å². The van der Waals surface area contributed by atoms with E-state index in [1.807, 2.05) is 0 Å². The third-order valence-corrected chi connectivity index (χ3v) is 4.65. The fourth-order valence-corrected chi connectivity index (χ4v) is 3.29. The molecule has 19 heavy (non-hydrogen) atoms. The van der Waals surface area contributed by atoms with Gasteiger partial charge in [-0.1, -0.05) is 6.92 Å². The predicted octanol–water partition coefficient (Wildman–Crippen LogP) is 0.443. The summed E-state index contributed by atoms with van der Waals surface area (Å²) in [4.78, 5) is 16.0. The molecular formula is C12H17N5OS. The first-order chi connectivity index (χ1) is 9.08. The highest BCUT2D eigenvalue weighted by Crippen LogP contribution is 2.37. The van der Waals surface area contributed by atoms with Crippen LogP contribution in [0.2, 0.25) is 0 Å². The molecule has 4 N–H and O–H groups in total. The number of likely N-dealkylation sites (N-methyl/N-ethyl adjacent to an activating group) is 1. The molecule has 0 spiro atoms. The molecular weight excluding hydrogens is 262 g/mol. The summed E-state index contributed by atoms with van der Waals surface area (Å²) in [5, 5.41) is 9.98. The molecule has 7 heteroatoms. The predicted molar refractivity (Wildman–Crippen MR) is 76.3 cm³/mol. The number of nitriles is 1. The van der Waals surface area contributed by atoms with Gasteiger partial charge >= 0.3 is 0 Å². The maximum atomic E-state index is 11.3. The molecule has 1 aromatic heterocycles. The van der Waals surface area contributed by atoms with Crippen molar-refractivity contribution in [2.75, 3.05) is 43.4 Å². The fraction of sp³-hybridized carbons (Fsp3) is 0.500. The number of carbonyl (C=O) groups is 1. The molecule has 0 aromatic carbocycles. The summed E-state index contributed by atoms with van der Waals surface area (Å²) < 4.78 is 0. The van der Waals surface area contributed by atoms with Gasteiger partial charge in [-0.05, 0) is 6.54 Å². The third-order valence-electron chi connectivity index (χ3n) is 3.37. The van der Waals surface area contributed by atoms with Gasteiger partial charge in [0, 0.05) is 26.2 Å². The summed E-state index contributed by atoms with van der Waals surface area (Å²) in [7, 11) is 0. The number of hydrogen-bond donors (Lipinski definition) is 2. The Morgan fingerprint density at radius 2 is 2.05 bits per heavy atom. The second-order valence-electron chi connectivity index (χ2n) is 4.42. The molecule has 1 amide bonds. The number of amides is 1. The van der Waals surface area contributed by atoms with Gasteiger partial charge in [-0.3, -0.25) is 4.79 Å². The Kier molecular flexibility index (Phi) is 3.93. The van der Waals surface area contributed by atoms with E-state index in [1.54, 1.807) is 0 Å². The van der Waals surface area contributed by atoms with Crippen molar-refractivity contribution in [3.63, 3.8) is 0 Å². The molecule has 6 nitrogen and oxygen atoms in total. The van der Waals surface area contributed by atoms with Crippen molar-refractivity contribution >= 4 is 27.9 Å². The summed E-state index contributed by atoms with van der Waals surface area (Å²) in [5.74, 6) is -0.572. The molecule has 0 atom stereocenters. The number of hydrogen-bond acceptors (Lipinski definition) is 6. The highest BCUT2D eigenvalue weighted by atomic mass is 32.1. The topological polar surface area (TPSA) is 99.4 Å². The normalized spacial score (nSPS) is 16.3. The average Bonchev–Trinajstić information content (AvgIpc) is 2.76. The highest BCUT2D eigenvalue weighted by molar-refractivity contribution is 7.19. The monoisotopic (exact) mass is 279 g/mol. The molecule has 1 aromatic rings. The smallest absolute Gasteiger partial charge is 0.261 e. The van der Waals surface area contributed by atoms with Gasteiger partial charge in [0.05, 0.1) is 5.69 Å². The number of rotatable bonds is 3. The molecule has 1 fully saturated rings. The van der Waals surface area contributed by atoms with Crippen LogP contribution in [-0.4, -0.2) is 43.5 Å². The number of carbonyl (C=O) groups excluding carboxylic acids is 1. The molecule has 0 saturated carbocycles. The number of thiophene rings is 1. The summed E-state index contributed by atoms with van der Waals surface area (Å²) in [5.41, 5.74) is 11.7. The Labute approximate surface area is 116 Å². The molecule has 102 valence electrons. The number of anilines is 2. The second kappa shape index (κ2) is 5.47. The molecule has 0 bridgehead atoms. The van der Waals surface area contributed by atoms with Crippen molar-refractivity contribution in [1.82, 2.24) is 4.90 Å². The summed E-state index contributed by atoms with van der Waals surface area (Å²) in [6, 6.07) is 2.08. The Hall–Kier alpha value is -1.78. The van der Waals surface area contributed by atoms with Crippen molar-refractivity contribution < 1.29 is 4.79 Å². The van der Waals surface area contributed by atoms with Gasteiger partial charge in [0.25, 0.3) is 5.91 Å². The molecule has 1 aliphatic heterocycles. The number of primary amides is 1. The first kappa shape index (κ1) is 13.6. The van der Waals surface area contributed by atoms with Crippen LogP contribution in [-0.2, 0) is 0 Å². The molecule has 1 aliphatic rings. The molecule has 2 heterocycles. The third kappa shape index (κ3) is 2.50. The van der Waals surface area contributed by atoms with Gasteiger partial charge in [-0.25, -0.2) is 0 Å². The van der Waals surface area contributed by atoms with E-state index in [1.165, 1.54) is 11.3 Å². The Morgan fingerprint density at radius 3 is 2.53 bits per heavy atom. The maximum Gasteiger partial charge on any atom is 0.261 e. The van der Waals surface area contributed by atoms with Crippen LogP contribution < -0.4 is 16.4 Å². The van der Waals surface area contributed by atoms with Crippen LogP contribution in [0.3, 0.4) is 0 Å². The quantitative estimate of drug-likeness (QED) is 0.836. The zero-order valence-corrected chi connectivity index (χ0v) is 11.7. The molecule has 0 aliphatic carbocycles. The zero-order chi connectivity index (χ0) is 14.0. The molecule has 0 radical (unpaired) electrons. The lowest BCUT2D eigenvalue weighted by molar-refractivity contribution is 0.100. The van der Waals surface area contributed by atoms with Gasteiger partial charge in [0.15, 0.2) is 0 Å². The minimum Gasteiger partial charge on any atom is -0.396 e. The Morgan fingerprint density at radius 1 is 1.42 bits per heavy atom. The second-order valence-corrected chi connectivity index (χ2v) is 5.42. The van der Waals surface area contributed by atoms with Crippen LogP contribution in [0.5, 0.6) is 0 Å². The van der Waals surface area contributed by atoms with Crippen LogP contribution in [0.15, 0.2) is 0 Å². The maximum absolute atomic E-state index is 11.3. The van der Waals surface area contributed by atoms with Crippen molar-refractivity contribution in [2.24, 2.45) is 5.73 Å². The lowest BCUT2D eigenvalue weighted by atomic mass is 10.2. The van der Waals surface area contributed by atoms with Crippen molar-refractivity contribution in [1.29, 1.82) is 5.26 Å². The standard InChI is InChI=1S/C12H17N5OS/c1-2-16-3-5-17(6-4-16)12-8(7-13)9(14)10(19-12)11(15)18/h2-6,14H2,1H3,(H2,15,18). The number of nitrogens with two attached hydrogens (primary N) is 2. The van der Waals surface area contributed by atoms with Crippen molar-refractivity contribution in [3.05, 3.63) is 10.4 Å². The van der Waals surface area contributed by atoms with Crippen LogP contribution in [0.4, 0.5) is 10.7 Å². The number of nitrogens with zero attached hydrogens (tertiary/aromatic N) is 3. The fourth-order valence-electron chi connectivity index (χ4n) is 2.21. The molecule has 2 rings (SSSR count). The van der Waals surface area contributed by atoms with Crippen LogP contribution >= 0.6 is 11.3 Å². The van der Waals surface area contributed by atoms with E-state index >= 15 is 0 Å². The van der Waals surface area contributed by atoms with E-state index in [2.05, 4.69) is 22.8 Å². The highest BCUT2D eigenvalue weighted by Gasteiger charge is 2.25.